The molecule has 1 unspecified atom stereocenters. The standard InChI is InChI=1S/C32H37FN8O3/c33-28-17-41(26-8-14-42-18-26)9-7-30(28)44-29-6-1-22(15-23(29)16-34)31-35-21-36-32(38-31)37-24-2-4-25(5-3-24)39-10-12-40(13-11-39)27-19-43-20-27/h1-6,15,21,26-28,30H,7-14,17-20H2,(H,35,36,37,38)/t26?,28-,30-/m0/s1. The molecule has 3 aromatic rings. The lowest BCUT2D eigenvalue weighted by atomic mass is 10.0. The Labute approximate surface area is 256 Å². The van der Waals surface area contributed by atoms with Gasteiger partial charge in [-0.3, -0.25) is 9.80 Å². The van der Waals surface area contributed by atoms with E-state index >= 15 is 4.39 Å². The number of piperazine rings is 1. The molecule has 0 spiro atoms. The molecule has 0 saturated carbocycles. The van der Waals surface area contributed by atoms with E-state index in [1.807, 2.05) is 12.1 Å². The minimum absolute atomic E-state index is 0.279. The fourth-order valence-corrected chi connectivity index (χ4v) is 6.36. The third-order valence-electron chi connectivity index (χ3n) is 9.08. The van der Waals surface area contributed by atoms with E-state index in [0.29, 0.717) is 54.3 Å². The minimum atomic E-state index is -1.14. The van der Waals surface area contributed by atoms with Gasteiger partial charge in [0, 0.05) is 68.9 Å². The SMILES string of the molecule is N#Cc1cc(-c2ncnc(Nc3ccc(N4CCN(C5COC5)CC4)cc3)n2)ccc1O[C@H]1CCN(C2CCOC2)C[C@@H]1F. The van der Waals surface area contributed by atoms with Crippen LogP contribution in [0.3, 0.4) is 0 Å². The van der Waals surface area contributed by atoms with Crippen molar-refractivity contribution in [3.63, 3.8) is 0 Å². The molecule has 2 aromatic carbocycles. The van der Waals surface area contributed by atoms with Crippen LogP contribution in [-0.2, 0) is 9.47 Å². The van der Waals surface area contributed by atoms with Gasteiger partial charge >= 0.3 is 0 Å². The van der Waals surface area contributed by atoms with Gasteiger partial charge in [-0.15, -0.1) is 0 Å². The summed E-state index contributed by atoms with van der Waals surface area (Å²) in [5.74, 6) is 1.19. The maximum absolute atomic E-state index is 15.1. The highest BCUT2D eigenvalue weighted by Crippen LogP contribution is 2.30. The van der Waals surface area contributed by atoms with Crippen molar-refractivity contribution < 1.29 is 18.6 Å². The quantitative estimate of drug-likeness (QED) is 0.411. The lowest BCUT2D eigenvalue weighted by Crippen LogP contribution is -2.56. The van der Waals surface area contributed by atoms with Gasteiger partial charge in [0.05, 0.1) is 31.4 Å². The Hall–Kier alpha value is -3.89. The number of hydrogen-bond donors (Lipinski definition) is 1. The molecule has 4 fully saturated rings. The third kappa shape index (κ3) is 6.32. The zero-order valence-electron chi connectivity index (χ0n) is 24.6. The molecule has 0 bridgehead atoms. The molecule has 1 aromatic heterocycles. The van der Waals surface area contributed by atoms with E-state index in [1.54, 1.807) is 18.2 Å². The highest BCUT2D eigenvalue weighted by molar-refractivity contribution is 5.64. The van der Waals surface area contributed by atoms with Crippen LogP contribution in [0, 0.1) is 11.3 Å². The van der Waals surface area contributed by atoms with Gasteiger partial charge in [-0.1, -0.05) is 0 Å². The van der Waals surface area contributed by atoms with Gasteiger partial charge in [-0.25, -0.2) is 14.4 Å². The van der Waals surface area contributed by atoms with E-state index in [1.165, 1.54) is 12.0 Å². The van der Waals surface area contributed by atoms with E-state index in [4.69, 9.17) is 14.2 Å². The number of benzene rings is 2. The van der Waals surface area contributed by atoms with Gasteiger partial charge in [-0.2, -0.15) is 10.2 Å². The minimum Gasteiger partial charge on any atom is -0.486 e. The van der Waals surface area contributed by atoms with E-state index in [9.17, 15) is 5.26 Å². The third-order valence-corrected chi connectivity index (χ3v) is 9.08. The fourth-order valence-electron chi connectivity index (χ4n) is 6.36. The smallest absolute Gasteiger partial charge is 0.230 e. The predicted octanol–water partition coefficient (Wildman–Crippen LogP) is 3.25. The number of rotatable bonds is 8. The van der Waals surface area contributed by atoms with Crippen molar-refractivity contribution in [2.45, 2.75) is 37.2 Å². The molecule has 44 heavy (non-hydrogen) atoms. The van der Waals surface area contributed by atoms with Crippen molar-refractivity contribution in [3.8, 4) is 23.2 Å². The Morgan fingerprint density at radius 1 is 0.909 bits per heavy atom. The number of anilines is 3. The molecule has 0 radical (unpaired) electrons. The molecule has 4 aliphatic rings. The summed E-state index contributed by atoms with van der Waals surface area (Å²) in [6.45, 7) is 8.27. The van der Waals surface area contributed by atoms with Gasteiger partial charge in [0.1, 0.15) is 30.4 Å². The van der Waals surface area contributed by atoms with Gasteiger partial charge in [0.15, 0.2) is 5.82 Å². The lowest BCUT2D eigenvalue weighted by molar-refractivity contribution is -0.0660. The molecule has 4 aliphatic heterocycles. The van der Waals surface area contributed by atoms with Gasteiger partial charge < -0.3 is 24.4 Å². The number of hydrogen-bond acceptors (Lipinski definition) is 11. The van der Waals surface area contributed by atoms with Crippen LogP contribution >= 0.6 is 0 Å². The largest absolute Gasteiger partial charge is 0.486 e. The maximum atomic E-state index is 15.1. The molecular weight excluding hydrogens is 563 g/mol. The van der Waals surface area contributed by atoms with Crippen LogP contribution in [-0.4, -0.2) is 115 Å². The molecule has 7 rings (SSSR count). The first-order chi connectivity index (χ1) is 21.6. The molecule has 4 saturated heterocycles. The van der Waals surface area contributed by atoms with E-state index in [0.717, 1.165) is 64.7 Å². The number of nitrogens with zero attached hydrogens (tertiary/aromatic N) is 7. The maximum Gasteiger partial charge on any atom is 0.230 e. The fraction of sp³-hybridized carbons (Fsp3) is 0.500. The molecular formula is C32H37FN8O3. The Balaban J connectivity index is 0.969. The van der Waals surface area contributed by atoms with Crippen molar-refractivity contribution in [1.29, 1.82) is 5.26 Å². The molecule has 11 nitrogen and oxygen atoms in total. The van der Waals surface area contributed by atoms with Gasteiger partial charge in [0.2, 0.25) is 5.95 Å². The van der Waals surface area contributed by atoms with E-state index in [-0.39, 0.29) is 6.04 Å². The zero-order valence-corrected chi connectivity index (χ0v) is 24.6. The van der Waals surface area contributed by atoms with E-state index < -0.39 is 12.3 Å². The number of piperidine rings is 1. The zero-order chi connectivity index (χ0) is 29.9. The lowest BCUT2D eigenvalue weighted by Gasteiger charge is -2.43. The van der Waals surface area contributed by atoms with Crippen molar-refractivity contribution in [2.24, 2.45) is 0 Å². The Kier molecular flexibility index (Phi) is 8.52. The van der Waals surface area contributed by atoms with Crippen molar-refractivity contribution >= 4 is 17.3 Å². The summed E-state index contributed by atoms with van der Waals surface area (Å²) in [4.78, 5) is 20.3. The summed E-state index contributed by atoms with van der Waals surface area (Å²) in [6, 6.07) is 16.5. The molecule has 5 heterocycles. The number of halogens is 1. The number of ether oxygens (including phenoxy) is 3. The summed E-state index contributed by atoms with van der Waals surface area (Å²) >= 11 is 0. The molecule has 0 aliphatic carbocycles. The van der Waals surface area contributed by atoms with Crippen LogP contribution < -0.4 is 15.0 Å². The van der Waals surface area contributed by atoms with Crippen LogP contribution in [0.4, 0.5) is 21.7 Å². The molecule has 0 amide bonds. The first-order valence-electron chi connectivity index (χ1n) is 15.4. The van der Waals surface area contributed by atoms with Crippen LogP contribution in [0.5, 0.6) is 5.75 Å². The molecule has 12 heteroatoms. The topological polar surface area (TPSA) is 112 Å². The van der Waals surface area contributed by atoms with Crippen LogP contribution in [0.2, 0.25) is 0 Å². The average Bonchev–Trinajstić information content (AvgIpc) is 3.58. The molecule has 1 N–H and O–H groups in total. The summed E-state index contributed by atoms with van der Waals surface area (Å²) < 4.78 is 31.9. The van der Waals surface area contributed by atoms with Crippen molar-refractivity contribution in [3.05, 3.63) is 54.4 Å². The summed E-state index contributed by atoms with van der Waals surface area (Å²) in [5.41, 5.74) is 3.02. The normalized spacial score (nSPS) is 24.9. The van der Waals surface area contributed by atoms with Crippen molar-refractivity contribution in [2.75, 3.05) is 75.9 Å². The first-order valence-corrected chi connectivity index (χ1v) is 15.4. The van der Waals surface area contributed by atoms with E-state index in [2.05, 4.69) is 53.2 Å². The van der Waals surface area contributed by atoms with Crippen LogP contribution in [0.15, 0.2) is 48.8 Å². The predicted molar refractivity (Wildman–Crippen MR) is 163 cm³/mol. The monoisotopic (exact) mass is 600 g/mol. The Bertz CT molecular complexity index is 1470. The number of likely N-dealkylation sites (tertiary alicyclic amines) is 1. The summed E-state index contributed by atoms with van der Waals surface area (Å²) in [5, 5.41) is 13.1. The number of nitrogens with one attached hydrogen (secondary N) is 1. The second-order valence-corrected chi connectivity index (χ2v) is 11.8. The number of nitriles is 1. The highest BCUT2D eigenvalue weighted by Gasteiger charge is 2.35. The summed E-state index contributed by atoms with van der Waals surface area (Å²) in [6.07, 6.45) is 1.20. The van der Waals surface area contributed by atoms with Crippen LogP contribution in [0.25, 0.3) is 11.4 Å². The van der Waals surface area contributed by atoms with Crippen LogP contribution in [0.1, 0.15) is 18.4 Å². The second-order valence-electron chi connectivity index (χ2n) is 11.8. The van der Waals surface area contributed by atoms with Crippen molar-refractivity contribution in [1.82, 2.24) is 24.8 Å². The number of alkyl halides is 1. The average molecular weight is 601 g/mol. The Morgan fingerprint density at radius 2 is 1.73 bits per heavy atom. The second kappa shape index (κ2) is 13.0. The Morgan fingerprint density at radius 3 is 2.43 bits per heavy atom. The molecule has 230 valence electrons. The highest BCUT2D eigenvalue weighted by atomic mass is 19.1. The van der Waals surface area contributed by atoms with Gasteiger partial charge in [-0.05, 0) is 55.3 Å². The summed E-state index contributed by atoms with van der Waals surface area (Å²) in [7, 11) is 0. The van der Waals surface area contributed by atoms with Gasteiger partial charge in [0.25, 0.3) is 0 Å². The molecule has 3 atom stereocenters. The number of aromatic nitrogens is 3. The first kappa shape index (κ1) is 28.9.